The van der Waals surface area contributed by atoms with Crippen LogP contribution >= 0.6 is 18.8 Å². The molecule has 1 heterocycles. The second kappa shape index (κ2) is 5.54. The van der Waals surface area contributed by atoms with Crippen LogP contribution in [0, 0.1) is 0 Å². The van der Waals surface area contributed by atoms with Crippen LogP contribution in [0.4, 0.5) is 26.3 Å². The number of alkyl halides is 6. The summed E-state index contributed by atoms with van der Waals surface area (Å²) < 4.78 is 81.9. The number of rotatable bonds is 2. The van der Waals surface area contributed by atoms with Crippen LogP contribution in [0.1, 0.15) is 0 Å². The van der Waals surface area contributed by atoms with Gasteiger partial charge in [-0.1, -0.05) is 0 Å². The van der Waals surface area contributed by atoms with E-state index in [-0.39, 0.29) is 0 Å². The van der Waals surface area contributed by atoms with Gasteiger partial charge in [-0.05, 0) is 0 Å². The molecule has 20 heavy (non-hydrogen) atoms. The van der Waals surface area contributed by atoms with Crippen LogP contribution in [-0.2, 0) is 15.7 Å². The molecule has 0 aromatic rings. The Bertz CT molecular complexity index is 496. The molecule has 0 aromatic carbocycles. The Kier molecular flexibility index (Phi) is 4.61. The fraction of sp³-hybridized carbons (Fsp3) is 0.222. The van der Waals surface area contributed by atoms with Crippen LogP contribution in [0.15, 0.2) is 22.3 Å². The molecule has 0 saturated heterocycles. The molecular formula is C9H5F6IO4. The van der Waals surface area contributed by atoms with Gasteiger partial charge in [0, 0.05) is 0 Å². The van der Waals surface area contributed by atoms with Gasteiger partial charge in [-0.2, -0.15) is 0 Å². The SMILES string of the molecule is O=C(OI1(OC(=O)C(F)(F)F)=CC=CC=C1)C(F)(F)F. The van der Waals surface area contributed by atoms with E-state index in [2.05, 4.69) is 6.13 Å². The van der Waals surface area contributed by atoms with Gasteiger partial charge in [0.2, 0.25) is 0 Å². The molecule has 0 fully saturated rings. The molecule has 11 heteroatoms. The van der Waals surface area contributed by atoms with Crippen LogP contribution in [0.5, 0.6) is 0 Å². The summed E-state index contributed by atoms with van der Waals surface area (Å²) >= 11 is -5.05. The zero-order valence-corrected chi connectivity index (χ0v) is 11.3. The number of hydrogen-bond acceptors (Lipinski definition) is 4. The quantitative estimate of drug-likeness (QED) is 0.512. The minimum atomic E-state index is -5.41. The molecule has 114 valence electrons. The Morgan fingerprint density at radius 1 is 0.800 bits per heavy atom. The summed E-state index contributed by atoms with van der Waals surface area (Å²) in [7, 11) is 0. The molecule has 0 unspecified atom stereocenters. The van der Waals surface area contributed by atoms with E-state index < -0.39 is 43.1 Å². The molecule has 0 aliphatic carbocycles. The molecule has 0 amide bonds. The van der Waals surface area contributed by atoms with Crippen molar-refractivity contribution in [3.63, 3.8) is 0 Å². The Morgan fingerprint density at radius 3 is 1.55 bits per heavy atom. The maximum atomic E-state index is 12.1. The third-order valence-corrected chi connectivity index (χ3v) is 6.57. The van der Waals surface area contributed by atoms with Crippen LogP contribution < -0.4 is 0 Å². The van der Waals surface area contributed by atoms with Crippen molar-refractivity contribution < 1.29 is 42.1 Å². The molecule has 0 saturated carbocycles. The van der Waals surface area contributed by atoms with E-state index in [0.717, 1.165) is 20.2 Å². The third kappa shape index (κ3) is 4.31. The van der Waals surface area contributed by atoms with Crippen molar-refractivity contribution in [1.82, 2.24) is 0 Å². The molecule has 0 atom stereocenters. The fourth-order valence-corrected chi connectivity index (χ4v) is 5.12. The van der Waals surface area contributed by atoms with Crippen molar-refractivity contribution in [2.24, 2.45) is 0 Å². The number of hydrogen-bond donors (Lipinski definition) is 0. The molecule has 0 spiro atoms. The van der Waals surface area contributed by atoms with Crippen molar-refractivity contribution in [2.45, 2.75) is 12.4 Å². The summed E-state index contributed by atoms with van der Waals surface area (Å²) in [5.41, 5.74) is 0. The van der Waals surface area contributed by atoms with Gasteiger partial charge >= 0.3 is 111 Å². The topological polar surface area (TPSA) is 52.6 Å². The van der Waals surface area contributed by atoms with Crippen molar-refractivity contribution in [2.75, 3.05) is 0 Å². The molecule has 1 aliphatic rings. The molecule has 4 nitrogen and oxygen atoms in total. The summed E-state index contributed by atoms with van der Waals surface area (Å²) in [4.78, 5) is 21.4. The first-order chi connectivity index (χ1) is 8.96. The second-order valence-electron chi connectivity index (χ2n) is 3.10. The second-order valence-corrected chi connectivity index (χ2v) is 8.53. The van der Waals surface area contributed by atoms with Gasteiger partial charge in [-0.15, -0.1) is 0 Å². The Morgan fingerprint density at radius 2 is 1.25 bits per heavy atom. The molecule has 0 N–H and O–H groups in total. The van der Waals surface area contributed by atoms with E-state index in [9.17, 15) is 35.9 Å². The van der Waals surface area contributed by atoms with Gasteiger partial charge in [-0.25, -0.2) is 0 Å². The van der Waals surface area contributed by atoms with E-state index in [1.807, 2.05) is 0 Å². The Labute approximate surface area is 112 Å². The van der Waals surface area contributed by atoms with Gasteiger partial charge in [0.15, 0.2) is 0 Å². The number of halogens is 7. The average molecular weight is 418 g/mol. The molecule has 0 bridgehead atoms. The van der Waals surface area contributed by atoms with Crippen molar-refractivity contribution in [3.05, 3.63) is 22.3 Å². The van der Waals surface area contributed by atoms with Gasteiger partial charge < -0.3 is 0 Å². The first-order valence-electron chi connectivity index (χ1n) is 4.53. The number of allylic oxidation sites excluding steroid dienone is 3. The molecule has 1 aliphatic heterocycles. The predicted octanol–water partition coefficient (Wildman–Crippen LogP) is 2.96. The van der Waals surface area contributed by atoms with Crippen molar-refractivity contribution in [1.29, 1.82) is 0 Å². The fourth-order valence-electron chi connectivity index (χ4n) is 0.818. The van der Waals surface area contributed by atoms with E-state index >= 15 is 0 Å². The first kappa shape index (κ1) is 16.7. The van der Waals surface area contributed by atoms with Crippen LogP contribution in [0.3, 0.4) is 0 Å². The predicted molar refractivity (Wildman–Crippen MR) is 62.7 cm³/mol. The number of carbonyl (C=O) groups is 2. The van der Waals surface area contributed by atoms with Crippen molar-refractivity contribution >= 4 is 34.7 Å². The van der Waals surface area contributed by atoms with Gasteiger partial charge in [-0.3, -0.25) is 0 Å². The first-order valence-corrected chi connectivity index (χ1v) is 8.78. The molecule has 1 rings (SSSR count). The summed E-state index contributed by atoms with van der Waals surface area (Å²) in [6.45, 7) is 0. The Hall–Kier alpha value is -1.40. The zero-order valence-electron chi connectivity index (χ0n) is 9.17. The zero-order chi connectivity index (χ0) is 15.6. The monoisotopic (exact) mass is 418 g/mol. The summed E-state index contributed by atoms with van der Waals surface area (Å²) in [6, 6.07) is 0. The third-order valence-electron chi connectivity index (χ3n) is 1.56. The normalized spacial score (nSPS) is 18.9. The molecular weight excluding hydrogens is 413 g/mol. The Balaban J connectivity index is 3.06. The summed E-state index contributed by atoms with van der Waals surface area (Å²) in [6.07, 6.45) is -7.51. The van der Waals surface area contributed by atoms with Crippen LogP contribution in [0.2, 0.25) is 0 Å². The summed E-state index contributed by atoms with van der Waals surface area (Å²) in [5.74, 6) is -5.44. The van der Waals surface area contributed by atoms with Gasteiger partial charge in [0.1, 0.15) is 0 Å². The molecule has 0 aromatic heterocycles. The van der Waals surface area contributed by atoms with E-state index in [0.29, 0.717) is 0 Å². The van der Waals surface area contributed by atoms with Gasteiger partial charge in [0.05, 0.1) is 0 Å². The van der Waals surface area contributed by atoms with Crippen LogP contribution in [0.25, 0.3) is 0 Å². The minimum absolute atomic E-state index is 0.736. The standard InChI is InChI=1S/C9H5F6IO4/c10-8(11,12)6(17)19-16(4-2-1-3-5-16)20-7(18)9(13,14)15/h1-5H. The van der Waals surface area contributed by atoms with Gasteiger partial charge in [0.25, 0.3) is 0 Å². The average Bonchev–Trinajstić information content (AvgIpc) is 2.27. The van der Waals surface area contributed by atoms with Crippen molar-refractivity contribution in [3.8, 4) is 0 Å². The number of carbonyl (C=O) groups excluding carboxylic acids is 2. The van der Waals surface area contributed by atoms with E-state index in [1.54, 1.807) is 0 Å². The van der Waals surface area contributed by atoms with Crippen LogP contribution in [-0.4, -0.2) is 28.3 Å². The molecule has 0 radical (unpaired) electrons. The van der Waals surface area contributed by atoms with E-state index in [4.69, 9.17) is 0 Å². The maximum absolute atomic E-state index is 12.1. The van der Waals surface area contributed by atoms with E-state index in [1.165, 1.54) is 6.08 Å². The summed E-state index contributed by atoms with van der Waals surface area (Å²) in [5, 5.41) is 0.